The van der Waals surface area contributed by atoms with Crippen LogP contribution in [0.2, 0.25) is 0 Å². The van der Waals surface area contributed by atoms with E-state index < -0.39 is 10.1 Å². The van der Waals surface area contributed by atoms with Crippen molar-refractivity contribution < 1.29 is 47.1 Å². The van der Waals surface area contributed by atoms with E-state index in [2.05, 4.69) is 6.58 Å². The number of aromatic nitrogens is 2. The summed E-state index contributed by atoms with van der Waals surface area (Å²) >= 11 is 0. The van der Waals surface area contributed by atoms with Crippen LogP contribution in [0.3, 0.4) is 0 Å². The summed E-state index contributed by atoms with van der Waals surface area (Å²) < 4.78 is 34.4. The van der Waals surface area contributed by atoms with Crippen LogP contribution in [0.1, 0.15) is 6.42 Å². The average Bonchev–Trinajstić information content (AvgIpc) is 2.50. The summed E-state index contributed by atoms with van der Waals surface area (Å²) in [6, 6.07) is 0. The molecule has 0 N–H and O–H groups in total. The molecule has 1 aromatic rings. The van der Waals surface area contributed by atoms with Crippen molar-refractivity contribution in [3.8, 4) is 0 Å². The Hall–Kier alpha value is -0.140. The molecule has 0 aliphatic carbocycles. The minimum absolute atomic E-state index is 0. The van der Waals surface area contributed by atoms with Gasteiger partial charge in [-0.2, -0.15) is 0 Å². The van der Waals surface area contributed by atoms with E-state index in [1.165, 1.54) is 0 Å². The quantitative estimate of drug-likeness (QED) is 0.309. The van der Waals surface area contributed by atoms with E-state index in [4.69, 9.17) is 0 Å². The largest absolute Gasteiger partial charge is 1.00 e. The molecule has 7 heteroatoms. The van der Waals surface area contributed by atoms with E-state index >= 15 is 0 Å². The van der Waals surface area contributed by atoms with Gasteiger partial charge in [-0.15, -0.1) is 0 Å². The Morgan fingerprint density at radius 3 is 2.67 bits per heavy atom. The topological polar surface area (TPSA) is 66.0 Å². The molecule has 0 bridgehead atoms. The third kappa shape index (κ3) is 6.11. The van der Waals surface area contributed by atoms with Gasteiger partial charge in [0.1, 0.15) is 12.4 Å². The van der Waals surface area contributed by atoms with Gasteiger partial charge in [-0.1, -0.05) is 6.58 Å². The predicted octanol–water partition coefficient (Wildman–Crippen LogP) is -3.18. The summed E-state index contributed by atoms with van der Waals surface area (Å²) in [6.07, 6.45) is 7.31. The van der Waals surface area contributed by atoms with Crippen LogP contribution in [0, 0.1) is 0 Å². The molecule has 0 fully saturated rings. The molecule has 0 atom stereocenters. The number of nitrogens with zero attached hydrogens (tertiary/aromatic N) is 2. The summed E-state index contributed by atoms with van der Waals surface area (Å²) in [7, 11) is -4.08. The van der Waals surface area contributed by atoms with Crippen molar-refractivity contribution in [2.75, 3.05) is 5.75 Å². The monoisotopic (exact) mass is 239 g/mol. The molecule has 78 valence electrons. The van der Waals surface area contributed by atoms with Crippen molar-refractivity contribution in [2.24, 2.45) is 0 Å². The van der Waals surface area contributed by atoms with Gasteiger partial charge in [-0.05, 0) is 6.42 Å². The number of hydrogen-bond donors (Lipinski definition) is 0. The molecule has 15 heavy (non-hydrogen) atoms. The number of imidazole rings is 1. The third-order valence-electron chi connectivity index (χ3n) is 1.73. The maximum Gasteiger partial charge on any atom is 1.00 e. The first-order chi connectivity index (χ1) is 6.51. The van der Waals surface area contributed by atoms with E-state index in [0.29, 0.717) is 13.0 Å². The Morgan fingerprint density at radius 2 is 2.20 bits per heavy atom. The van der Waals surface area contributed by atoms with Gasteiger partial charge in [0.25, 0.3) is 0 Å². The zero-order valence-electron chi connectivity index (χ0n) is 8.67. The summed E-state index contributed by atoms with van der Waals surface area (Å²) in [5.74, 6) is -0.320. The second-order valence-corrected chi connectivity index (χ2v) is 4.42. The number of aryl methyl sites for hydroxylation is 1. The minimum atomic E-state index is -4.08. The first-order valence-corrected chi connectivity index (χ1v) is 5.71. The van der Waals surface area contributed by atoms with Gasteiger partial charge in [0.05, 0.1) is 22.9 Å². The second-order valence-electron chi connectivity index (χ2n) is 2.90. The van der Waals surface area contributed by atoms with Gasteiger partial charge in [-0.25, -0.2) is 17.6 Å². The zero-order valence-corrected chi connectivity index (χ0v) is 11.5. The fourth-order valence-corrected chi connectivity index (χ4v) is 1.56. The SMILES string of the molecule is C=Cn1cc[n+](CCCS(=O)(=O)[O-])c1.[Na+]. The van der Waals surface area contributed by atoms with E-state index in [1.807, 2.05) is 0 Å². The summed E-state index contributed by atoms with van der Waals surface area (Å²) in [5, 5.41) is 0. The fraction of sp³-hybridized carbons (Fsp3) is 0.375. The molecule has 0 aliphatic rings. The van der Waals surface area contributed by atoms with Crippen molar-refractivity contribution in [3.05, 3.63) is 25.3 Å². The molecular formula is C8H12N2NaO3S+. The molecule has 0 spiro atoms. The molecule has 0 aromatic carbocycles. The molecule has 5 nitrogen and oxygen atoms in total. The maximum absolute atomic E-state index is 10.3. The standard InChI is InChI=1S/C8H12N2O3S.Na/c1-2-9-5-6-10(8-9)4-3-7-14(11,12)13;/h2,5-6,8H,1,3-4,7H2;/q;+1. The molecule has 0 saturated carbocycles. The summed E-state index contributed by atoms with van der Waals surface area (Å²) in [5.41, 5.74) is 0. The number of hydrogen-bond acceptors (Lipinski definition) is 3. The van der Waals surface area contributed by atoms with Gasteiger partial charge in [0, 0.05) is 5.75 Å². The van der Waals surface area contributed by atoms with Crippen molar-refractivity contribution in [2.45, 2.75) is 13.0 Å². The van der Waals surface area contributed by atoms with Crippen LogP contribution in [0.4, 0.5) is 0 Å². The summed E-state index contributed by atoms with van der Waals surface area (Å²) in [4.78, 5) is 0. The van der Waals surface area contributed by atoms with Gasteiger partial charge in [-0.3, -0.25) is 0 Å². The first kappa shape index (κ1) is 14.9. The van der Waals surface area contributed by atoms with Crippen LogP contribution in [-0.2, 0) is 16.7 Å². The molecule has 0 amide bonds. The first-order valence-electron chi connectivity index (χ1n) is 4.14. The average molecular weight is 239 g/mol. The van der Waals surface area contributed by atoms with E-state index in [0.717, 1.165) is 0 Å². The second kappa shape index (κ2) is 6.44. The van der Waals surface area contributed by atoms with Crippen LogP contribution < -0.4 is 34.1 Å². The Labute approximate surface area is 111 Å². The normalized spacial score (nSPS) is 10.7. The fourth-order valence-electron chi connectivity index (χ4n) is 1.08. The van der Waals surface area contributed by atoms with Crippen molar-refractivity contribution in [1.82, 2.24) is 4.57 Å². The molecule has 1 heterocycles. The molecule has 1 aromatic heterocycles. The molecule has 1 rings (SSSR count). The van der Waals surface area contributed by atoms with E-state index in [1.54, 1.807) is 34.1 Å². The Morgan fingerprint density at radius 1 is 1.53 bits per heavy atom. The zero-order chi connectivity index (χ0) is 10.6. The van der Waals surface area contributed by atoms with Gasteiger partial charge in [0.15, 0.2) is 0 Å². The van der Waals surface area contributed by atoms with Crippen molar-refractivity contribution in [3.63, 3.8) is 0 Å². The minimum Gasteiger partial charge on any atom is -0.748 e. The Bertz CT molecular complexity index is 413. The maximum atomic E-state index is 10.3. The van der Waals surface area contributed by atoms with Gasteiger partial charge in [0.2, 0.25) is 6.33 Å². The van der Waals surface area contributed by atoms with Gasteiger partial charge < -0.3 is 4.55 Å². The van der Waals surface area contributed by atoms with Crippen LogP contribution in [-0.4, -0.2) is 23.3 Å². The summed E-state index contributed by atoms with van der Waals surface area (Å²) in [6.45, 7) is 4.08. The predicted molar refractivity (Wildman–Crippen MR) is 50.2 cm³/mol. The van der Waals surface area contributed by atoms with Crippen molar-refractivity contribution in [1.29, 1.82) is 0 Å². The Kier molecular flexibility index (Phi) is 6.38. The van der Waals surface area contributed by atoms with Gasteiger partial charge >= 0.3 is 29.6 Å². The molecular weight excluding hydrogens is 227 g/mol. The van der Waals surface area contributed by atoms with Crippen LogP contribution in [0.5, 0.6) is 0 Å². The molecule has 0 unspecified atom stereocenters. The van der Waals surface area contributed by atoms with E-state index in [9.17, 15) is 13.0 Å². The van der Waals surface area contributed by atoms with Crippen molar-refractivity contribution >= 4 is 16.3 Å². The third-order valence-corrected chi connectivity index (χ3v) is 2.52. The molecule has 0 radical (unpaired) electrons. The van der Waals surface area contributed by atoms with E-state index in [-0.39, 0.29) is 35.3 Å². The van der Waals surface area contributed by atoms with Crippen LogP contribution >= 0.6 is 0 Å². The van der Waals surface area contributed by atoms with Crippen LogP contribution in [0.25, 0.3) is 6.20 Å². The molecule has 0 saturated heterocycles. The Balaban J connectivity index is 0.00000196. The molecule has 0 aliphatic heterocycles. The van der Waals surface area contributed by atoms with Crippen LogP contribution in [0.15, 0.2) is 25.3 Å². The number of rotatable bonds is 5. The smallest absolute Gasteiger partial charge is 0.748 e.